The van der Waals surface area contributed by atoms with Crippen LogP contribution >= 0.6 is 0 Å². The predicted molar refractivity (Wildman–Crippen MR) is 106 cm³/mol. The fraction of sp³-hybridized carbons (Fsp3) is 0.286. The van der Waals surface area contributed by atoms with Crippen molar-refractivity contribution < 1.29 is 4.74 Å². The molecule has 0 aliphatic carbocycles. The van der Waals surface area contributed by atoms with Gasteiger partial charge in [-0.25, -0.2) is 4.98 Å². The molecule has 5 rings (SSSR count). The van der Waals surface area contributed by atoms with E-state index in [-0.39, 0.29) is 6.10 Å². The second-order valence-electron chi connectivity index (χ2n) is 7.04. The monoisotopic (exact) mass is 359 g/mol. The van der Waals surface area contributed by atoms with Crippen molar-refractivity contribution in [3.05, 3.63) is 54.1 Å². The molecule has 6 heteroatoms. The molecule has 3 heterocycles. The SMILES string of the molecule is Cc1cccc(-c2nnn3c2nc(NC[C@H]2CCCO2)c2ccccc23)c1. The van der Waals surface area contributed by atoms with Crippen molar-refractivity contribution in [2.45, 2.75) is 25.9 Å². The molecule has 1 saturated heterocycles. The number of aromatic nitrogens is 4. The van der Waals surface area contributed by atoms with Crippen LogP contribution in [0.4, 0.5) is 5.82 Å². The quantitative estimate of drug-likeness (QED) is 0.600. The molecule has 0 amide bonds. The lowest BCUT2D eigenvalue weighted by Crippen LogP contribution is -2.19. The Hall–Kier alpha value is -2.99. The van der Waals surface area contributed by atoms with Crippen molar-refractivity contribution in [2.75, 3.05) is 18.5 Å². The van der Waals surface area contributed by atoms with Crippen LogP contribution in [0.25, 0.3) is 27.8 Å². The first-order chi connectivity index (χ1) is 13.3. The number of fused-ring (bicyclic) bond motifs is 3. The molecule has 0 unspecified atom stereocenters. The Morgan fingerprint density at radius 2 is 2.11 bits per heavy atom. The van der Waals surface area contributed by atoms with Crippen LogP contribution in [0.2, 0.25) is 0 Å². The van der Waals surface area contributed by atoms with E-state index in [1.165, 1.54) is 5.56 Å². The van der Waals surface area contributed by atoms with Crippen molar-refractivity contribution in [3.63, 3.8) is 0 Å². The molecule has 1 atom stereocenters. The summed E-state index contributed by atoms with van der Waals surface area (Å²) in [5, 5.41) is 13.3. The van der Waals surface area contributed by atoms with E-state index >= 15 is 0 Å². The van der Waals surface area contributed by atoms with Crippen LogP contribution in [0.5, 0.6) is 0 Å². The van der Waals surface area contributed by atoms with Crippen LogP contribution in [0, 0.1) is 6.92 Å². The molecule has 0 spiro atoms. The molecular weight excluding hydrogens is 338 g/mol. The fourth-order valence-corrected chi connectivity index (χ4v) is 3.69. The summed E-state index contributed by atoms with van der Waals surface area (Å²) in [7, 11) is 0. The average molecular weight is 359 g/mol. The largest absolute Gasteiger partial charge is 0.376 e. The molecule has 6 nitrogen and oxygen atoms in total. The van der Waals surface area contributed by atoms with Crippen LogP contribution in [-0.4, -0.2) is 39.1 Å². The number of nitrogens with one attached hydrogen (secondary N) is 1. The maximum absolute atomic E-state index is 5.75. The minimum Gasteiger partial charge on any atom is -0.376 e. The maximum atomic E-state index is 5.75. The Kier molecular flexibility index (Phi) is 3.98. The number of hydrogen-bond acceptors (Lipinski definition) is 5. The summed E-state index contributed by atoms with van der Waals surface area (Å²) in [4.78, 5) is 4.90. The zero-order valence-electron chi connectivity index (χ0n) is 15.2. The lowest BCUT2D eigenvalue weighted by atomic mass is 10.1. The lowest BCUT2D eigenvalue weighted by molar-refractivity contribution is 0.120. The van der Waals surface area contributed by atoms with Gasteiger partial charge in [-0.3, -0.25) is 0 Å². The van der Waals surface area contributed by atoms with E-state index in [4.69, 9.17) is 9.72 Å². The summed E-state index contributed by atoms with van der Waals surface area (Å²) >= 11 is 0. The molecule has 0 bridgehead atoms. The first-order valence-corrected chi connectivity index (χ1v) is 9.36. The molecule has 136 valence electrons. The van der Waals surface area contributed by atoms with E-state index in [0.29, 0.717) is 0 Å². The van der Waals surface area contributed by atoms with Crippen LogP contribution < -0.4 is 5.32 Å². The third kappa shape index (κ3) is 2.92. The molecule has 1 aliphatic rings. The van der Waals surface area contributed by atoms with Gasteiger partial charge in [-0.2, -0.15) is 4.52 Å². The molecular formula is C21H21N5O. The van der Waals surface area contributed by atoms with Gasteiger partial charge in [0.05, 0.1) is 11.6 Å². The average Bonchev–Trinajstić information content (AvgIpc) is 3.36. The van der Waals surface area contributed by atoms with Gasteiger partial charge in [0.25, 0.3) is 0 Å². The van der Waals surface area contributed by atoms with Crippen LogP contribution in [0.3, 0.4) is 0 Å². The van der Waals surface area contributed by atoms with E-state index in [1.54, 1.807) is 0 Å². The zero-order chi connectivity index (χ0) is 18.2. The summed E-state index contributed by atoms with van der Waals surface area (Å²) in [6, 6.07) is 16.4. The number of ether oxygens (including phenoxy) is 1. The minimum absolute atomic E-state index is 0.251. The highest BCUT2D eigenvalue weighted by Gasteiger charge is 2.18. The number of rotatable bonds is 4. The number of hydrogen-bond donors (Lipinski definition) is 1. The lowest BCUT2D eigenvalue weighted by Gasteiger charge is -2.13. The zero-order valence-corrected chi connectivity index (χ0v) is 15.2. The molecule has 1 fully saturated rings. The van der Waals surface area contributed by atoms with Gasteiger partial charge in [-0.1, -0.05) is 41.1 Å². The summed E-state index contributed by atoms with van der Waals surface area (Å²) < 4.78 is 7.57. The van der Waals surface area contributed by atoms with Gasteiger partial charge < -0.3 is 10.1 Å². The Morgan fingerprint density at radius 1 is 1.19 bits per heavy atom. The van der Waals surface area contributed by atoms with E-state index < -0.39 is 0 Å². The number of aryl methyl sites for hydroxylation is 1. The van der Waals surface area contributed by atoms with Gasteiger partial charge in [0.15, 0.2) is 5.65 Å². The normalized spacial score (nSPS) is 17.0. The first kappa shape index (κ1) is 16.2. The minimum atomic E-state index is 0.251. The fourth-order valence-electron chi connectivity index (χ4n) is 3.69. The van der Waals surface area contributed by atoms with Crippen molar-refractivity contribution in [1.82, 2.24) is 19.8 Å². The second kappa shape index (κ2) is 6.63. The van der Waals surface area contributed by atoms with Crippen LogP contribution in [0.1, 0.15) is 18.4 Å². The molecule has 1 aliphatic heterocycles. The van der Waals surface area contributed by atoms with E-state index in [2.05, 4.69) is 46.8 Å². The highest BCUT2D eigenvalue weighted by atomic mass is 16.5. The Morgan fingerprint density at radius 3 is 2.96 bits per heavy atom. The third-order valence-electron chi connectivity index (χ3n) is 5.06. The molecule has 0 saturated carbocycles. The van der Waals surface area contributed by atoms with Gasteiger partial charge in [0.2, 0.25) is 0 Å². The van der Waals surface area contributed by atoms with Crippen LogP contribution in [-0.2, 0) is 4.74 Å². The highest BCUT2D eigenvalue weighted by molar-refractivity contribution is 5.93. The summed E-state index contributed by atoms with van der Waals surface area (Å²) in [5.41, 5.74) is 4.76. The van der Waals surface area contributed by atoms with Crippen molar-refractivity contribution >= 4 is 22.4 Å². The molecule has 2 aromatic heterocycles. The Balaban J connectivity index is 1.64. The van der Waals surface area contributed by atoms with Gasteiger partial charge >= 0.3 is 0 Å². The summed E-state index contributed by atoms with van der Waals surface area (Å²) in [6.07, 6.45) is 2.47. The molecule has 27 heavy (non-hydrogen) atoms. The van der Waals surface area contributed by atoms with E-state index in [9.17, 15) is 0 Å². The van der Waals surface area contributed by atoms with Crippen molar-refractivity contribution in [3.8, 4) is 11.3 Å². The first-order valence-electron chi connectivity index (χ1n) is 9.36. The van der Waals surface area contributed by atoms with Gasteiger partial charge in [-0.15, -0.1) is 5.10 Å². The molecule has 0 radical (unpaired) electrons. The second-order valence-corrected chi connectivity index (χ2v) is 7.04. The van der Waals surface area contributed by atoms with E-state index in [1.807, 2.05) is 28.8 Å². The third-order valence-corrected chi connectivity index (χ3v) is 5.06. The maximum Gasteiger partial charge on any atom is 0.186 e. The molecule has 2 aromatic carbocycles. The van der Waals surface area contributed by atoms with Gasteiger partial charge in [0, 0.05) is 24.1 Å². The van der Waals surface area contributed by atoms with Crippen LogP contribution in [0.15, 0.2) is 48.5 Å². The smallest absolute Gasteiger partial charge is 0.186 e. The highest BCUT2D eigenvalue weighted by Crippen LogP contribution is 2.28. The topological polar surface area (TPSA) is 64.3 Å². The predicted octanol–water partition coefficient (Wildman–Crippen LogP) is 3.84. The molecule has 1 N–H and O–H groups in total. The summed E-state index contributed by atoms with van der Waals surface area (Å²) in [6.45, 7) is 3.69. The molecule has 4 aromatic rings. The van der Waals surface area contributed by atoms with Gasteiger partial charge in [-0.05, 0) is 38.0 Å². The van der Waals surface area contributed by atoms with Crippen molar-refractivity contribution in [2.24, 2.45) is 0 Å². The van der Waals surface area contributed by atoms with Crippen molar-refractivity contribution in [1.29, 1.82) is 0 Å². The Bertz CT molecular complexity index is 1110. The van der Waals surface area contributed by atoms with E-state index in [0.717, 1.165) is 59.6 Å². The van der Waals surface area contributed by atoms with Gasteiger partial charge in [0.1, 0.15) is 11.5 Å². The number of nitrogens with zero attached hydrogens (tertiary/aromatic N) is 4. The Labute approximate surface area is 157 Å². The number of para-hydroxylation sites is 1. The summed E-state index contributed by atoms with van der Waals surface area (Å²) in [5.74, 6) is 0.852. The standard InChI is InChI=1S/C21H21N5O/c1-14-6-4-7-15(12-14)19-21-23-20(22-13-16-8-5-11-27-16)17-9-2-3-10-18(17)26(21)25-24-19/h2-4,6-7,9-10,12,16H,5,8,11,13H2,1H3,(H,22,23)/t16-/m1/s1. The number of benzene rings is 2. The number of anilines is 1.